The van der Waals surface area contributed by atoms with Crippen LogP contribution in [0.5, 0.6) is 5.75 Å². The zero-order chi connectivity index (χ0) is 42.0. The zero-order valence-corrected chi connectivity index (χ0v) is 35.6. The van der Waals surface area contributed by atoms with Crippen molar-refractivity contribution in [1.82, 2.24) is 15.0 Å². The average Bonchev–Trinajstić information content (AvgIpc) is 3.43. The molecule has 62 heavy (non-hydrogen) atoms. The predicted octanol–water partition coefficient (Wildman–Crippen LogP) is 13.3. The lowest BCUT2D eigenvalue weighted by Gasteiger charge is -2.39. The minimum Gasteiger partial charge on any atom is -0.460 e. The van der Waals surface area contributed by atoms with Crippen molar-refractivity contribution in [2.75, 3.05) is 0 Å². The molecule has 302 valence electrons. The maximum Gasteiger partial charge on any atom is 0.163 e. The molecule has 4 heteroatoms. The van der Waals surface area contributed by atoms with E-state index in [9.17, 15) is 0 Å². The van der Waals surface area contributed by atoms with Crippen LogP contribution in [0.25, 0.3) is 17.0 Å². The molecule has 3 aliphatic carbocycles. The molecule has 1 aliphatic heterocycles. The third-order valence-electron chi connectivity index (χ3n) is 12.7. The van der Waals surface area contributed by atoms with Crippen molar-refractivity contribution in [3.05, 3.63) is 244 Å². The second kappa shape index (κ2) is 16.8. The van der Waals surface area contributed by atoms with Crippen molar-refractivity contribution in [3.63, 3.8) is 0 Å². The van der Waals surface area contributed by atoms with Crippen LogP contribution >= 0.6 is 0 Å². The van der Waals surface area contributed by atoms with Gasteiger partial charge < -0.3 is 4.74 Å². The summed E-state index contributed by atoms with van der Waals surface area (Å²) in [5.74, 6) is 11.1. The maximum absolute atomic E-state index is 6.52. The molecule has 0 fully saturated rings. The molecule has 2 heterocycles. The summed E-state index contributed by atoms with van der Waals surface area (Å²) in [4.78, 5) is 15.1. The largest absolute Gasteiger partial charge is 0.460 e. The molecule has 0 N–H and O–H groups in total. The summed E-state index contributed by atoms with van der Waals surface area (Å²) in [6.07, 6.45) is 23.4. The summed E-state index contributed by atoms with van der Waals surface area (Å²) >= 11 is 0. The normalized spacial score (nSPS) is 19.9. The molecule has 5 aromatic carbocycles. The van der Waals surface area contributed by atoms with Gasteiger partial charge in [-0.3, -0.25) is 0 Å². The van der Waals surface area contributed by atoms with Crippen LogP contribution < -0.4 is 4.74 Å². The van der Waals surface area contributed by atoms with Gasteiger partial charge in [0.1, 0.15) is 23.3 Å². The number of nitrogens with zero attached hydrogens (tertiary/aromatic N) is 3. The predicted molar refractivity (Wildman–Crippen MR) is 252 cm³/mol. The number of hydrogen-bond acceptors (Lipinski definition) is 4. The fourth-order valence-electron chi connectivity index (χ4n) is 9.28. The summed E-state index contributed by atoms with van der Waals surface area (Å²) in [6.45, 7) is 6.48. The molecule has 3 atom stereocenters. The van der Waals surface area contributed by atoms with E-state index in [0.717, 1.165) is 53.9 Å². The number of benzene rings is 5. The highest BCUT2D eigenvalue weighted by Gasteiger charge is 2.40. The van der Waals surface area contributed by atoms with Crippen LogP contribution in [0.15, 0.2) is 187 Å². The third kappa shape index (κ3) is 7.50. The van der Waals surface area contributed by atoms with Crippen molar-refractivity contribution in [2.24, 2.45) is 0 Å². The summed E-state index contributed by atoms with van der Waals surface area (Å²) in [5, 5.41) is 0. The van der Waals surface area contributed by atoms with E-state index in [0.29, 0.717) is 17.5 Å². The zero-order valence-electron chi connectivity index (χ0n) is 35.6. The SMILES string of the molecule is Cc1ccc(C(C2=CCC(c3ccc4c(c3)C3C#CC(c5nc(C6=CC=CCC=C6)nc(-c6ccccc6)n5)CC/C=C\3O4)C=C2)(c2ccc(C)cc2)c2ccc(C)cc2)cc1. The molecule has 0 amide bonds. The maximum atomic E-state index is 6.52. The summed E-state index contributed by atoms with van der Waals surface area (Å²) < 4.78 is 6.52. The Morgan fingerprint density at radius 1 is 0.661 bits per heavy atom. The number of hydrogen-bond donors (Lipinski definition) is 0. The summed E-state index contributed by atoms with van der Waals surface area (Å²) in [7, 11) is 0. The monoisotopic (exact) mass is 803 g/mol. The fourth-order valence-corrected chi connectivity index (χ4v) is 9.28. The lowest BCUT2D eigenvalue weighted by Crippen LogP contribution is -2.32. The lowest BCUT2D eigenvalue weighted by molar-refractivity contribution is 0.435. The van der Waals surface area contributed by atoms with Crippen LogP contribution in [-0.4, -0.2) is 15.0 Å². The van der Waals surface area contributed by atoms with Crippen molar-refractivity contribution in [2.45, 2.75) is 69.6 Å². The first-order valence-corrected chi connectivity index (χ1v) is 21.9. The Kier molecular flexibility index (Phi) is 10.6. The Bertz CT molecular complexity index is 2790. The van der Waals surface area contributed by atoms with Gasteiger partial charge in [-0.25, -0.2) is 15.0 Å². The molecule has 6 aromatic rings. The van der Waals surface area contributed by atoms with Crippen LogP contribution in [0.1, 0.15) is 99.6 Å². The smallest absolute Gasteiger partial charge is 0.163 e. The lowest BCUT2D eigenvalue weighted by atomic mass is 9.63. The molecule has 0 radical (unpaired) electrons. The summed E-state index contributed by atoms with van der Waals surface area (Å²) in [6, 6.07) is 44.2. The van der Waals surface area contributed by atoms with Gasteiger partial charge in [0.2, 0.25) is 0 Å². The Morgan fingerprint density at radius 3 is 2.00 bits per heavy atom. The van der Waals surface area contributed by atoms with Gasteiger partial charge in [0.25, 0.3) is 0 Å². The van der Waals surface area contributed by atoms with Gasteiger partial charge >= 0.3 is 0 Å². The minimum absolute atomic E-state index is 0.156. The minimum atomic E-state index is -0.478. The highest BCUT2D eigenvalue weighted by molar-refractivity contribution is 5.73. The van der Waals surface area contributed by atoms with Gasteiger partial charge in [0, 0.05) is 22.6 Å². The number of fused-ring (bicyclic) bond motifs is 3. The topological polar surface area (TPSA) is 47.9 Å². The van der Waals surface area contributed by atoms with Gasteiger partial charge in [-0.05, 0) is 92.5 Å². The number of aromatic nitrogens is 3. The standard InChI is InChI=1S/C58H49N3O/c1-39-18-28-47(29-19-39)58(48-30-20-40(2)21-31-48,49-32-22-41(3)23-33-49)50-34-24-42(25-35-50)46-27-37-54-52(38-46)51-36-26-45(16-11-17-53(51)62-54)57-60-55(43-12-7-4-5-8-13-43)59-56(61-57)44-14-9-6-10-15-44/h4,6-10,12-15,17-24,27-35,37-38,42,45,51H,5,11,16,25H2,1-3H3/b53-17+. The Hall–Kier alpha value is -7.09. The molecule has 4 nitrogen and oxygen atoms in total. The Balaban J connectivity index is 0.981. The quantitative estimate of drug-likeness (QED) is 0.114. The molecule has 3 unspecified atom stereocenters. The number of allylic oxidation sites excluding steroid dienone is 12. The van der Waals surface area contributed by atoms with E-state index in [-0.39, 0.29) is 17.8 Å². The van der Waals surface area contributed by atoms with Gasteiger partial charge in [0.15, 0.2) is 11.6 Å². The van der Waals surface area contributed by atoms with E-state index in [1.54, 1.807) is 0 Å². The fraction of sp³-hybridized carbons (Fsp3) is 0.190. The van der Waals surface area contributed by atoms with E-state index in [1.165, 1.54) is 44.5 Å². The van der Waals surface area contributed by atoms with E-state index in [2.05, 4.69) is 190 Å². The number of aryl methyl sites for hydroxylation is 3. The van der Waals surface area contributed by atoms with Crippen molar-refractivity contribution >= 4 is 5.57 Å². The van der Waals surface area contributed by atoms with E-state index >= 15 is 0 Å². The molecule has 4 aliphatic rings. The molecule has 1 aromatic heterocycles. The highest BCUT2D eigenvalue weighted by atomic mass is 16.5. The summed E-state index contributed by atoms with van der Waals surface area (Å²) in [5.41, 5.74) is 12.7. The van der Waals surface area contributed by atoms with Crippen molar-refractivity contribution < 1.29 is 4.74 Å². The second-order valence-electron chi connectivity index (χ2n) is 17.0. The first kappa shape index (κ1) is 39.1. The third-order valence-corrected chi connectivity index (χ3v) is 12.7. The Morgan fingerprint density at radius 2 is 1.34 bits per heavy atom. The van der Waals surface area contributed by atoms with Crippen molar-refractivity contribution in [1.29, 1.82) is 0 Å². The first-order chi connectivity index (χ1) is 30.4. The average molecular weight is 804 g/mol. The first-order valence-electron chi connectivity index (χ1n) is 21.9. The van der Waals surface area contributed by atoms with E-state index in [4.69, 9.17) is 19.7 Å². The van der Waals surface area contributed by atoms with Gasteiger partial charge in [0.05, 0.1) is 11.3 Å². The van der Waals surface area contributed by atoms with E-state index < -0.39 is 5.41 Å². The second-order valence-corrected chi connectivity index (χ2v) is 17.0. The van der Waals surface area contributed by atoms with E-state index in [1.807, 2.05) is 18.2 Å². The van der Waals surface area contributed by atoms with Gasteiger partial charge in [-0.15, -0.1) is 0 Å². The van der Waals surface area contributed by atoms with Crippen molar-refractivity contribution in [3.8, 4) is 29.0 Å². The van der Waals surface area contributed by atoms with Crippen LogP contribution in [0.4, 0.5) is 0 Å². The number of ether oxygens (including phenoxy) is 1. The van der Waals surface area contributed by atoms with Crippen LogP contribution in [-0.2, 0) is 5.41 Å². The Labute approximate surface area is 365 Å². The molecule has 10 rings (SSSR count). The molecular formula is C58H49N3O. The molecule has 0 bridgehead atoms. The van der Waals surface area contributed by atoms with Crippen LogP contribution in [0.3, 0.4) is 0 Å². The molecular weight excluding hydrogens is 755 g/mol. The van der Waals surface area contributed by atoms with Gasteiger partial charge in [-0.2, -0.15) is 0 Å². The molecule has 0 spiro atoms. The van der Waals surface area contributed by atoms with Crippen LogP contribution in [0.2, 0.25) is 0 Å². The molecule has 0 saturated carbocycles. The highest BCUT2D eigenvalue weighted by Crippen LogP contribution is 2.49. The molecule has 0 saturated heterocycles. The van der Waals surface area contributed by atoms with Crippen LogP contribution in [0, 0.1) is 32.6 Å². The number of rotatable bonds is 8. The van der Waals surface area contributed by atoms with Gasteiger partial charge in [-0.1, -0.05) is 186 Å².